The normalized spacial score (nSPS) is 16.3. The average molecular weight is 359 g/mol. The van der Waals surface area contributed by atoms with Gasteiger partial charge in [0.2, 0.25) is 0 Å². The minimum Gasteiger partial charge on any atom is -0.504 e. The van der Waals surface area contributed by atoms with Crippen molar-refractivity contribution in [3.05, 3.63) is 53.3 Å². The van der Waals surface area contributed by atoms with Crippen LogP contribution in [0, 0.1) is 0 Å². The molecule has 1 aromatic rings. The Hall–Kier alpha value is -3.22. The summed E-state index contributed by atoms with van der Waals surface area (Å²) in [5.41, 5.74) is 1.31. The van der Waals surface area contributed by atoms with E-state index in [1.54, 1.807) is 24.1 Å². The van der Waals surface area contributed by atoms with Crippen LogP contribution in [0.5, 0.6) is 11.5 Å². The monoisotopic (exact) mass is 359 g/mol. The van der Waals surface area contributed by atoms with Crippen LogP contribution in [0.15, 0.2) is 42.1 Å². The van der Waals surface area contributed by atoms with E-state index >= 15 is 0 Å². The summed E-state index contributed by atoms with van der Waals surface area (Å²) in [5, 5.41) is 10.1. The van der Waals surface area contributed by atoms with Gasteiger partial charge in [-0.3, -0.25) is 0 Å². The second-order valence-electron chi connectivity index (χ2n) is 5.58. The fourth-order valence-electron chi connectivity index (χ4n) is 2.80. The summed E-state index contributed by atoms with van der Waals surface area (Å²) < 4.78 is 14.8. The maximum atomic E-state index is 12.3. The van der Waals surface area contributed by atoms with Gasteiger partial charge in [0, 0.05) is 13.2 Å². The van der Waals surface area contributed by atoms with Crippen LogP contribution >= 0.6 is 0 Å². The number of carbonyl (C=O) groups excluding carboxylic acids is 2. The summed E-state index contributed by atoms with van der Waals surface area (Å²) >= 11 is 0. The largest absolute Gasteiger partial charge is 0.504 e. The standard InChI is InChI=1S/C19H21NO6/c1-6-15-12-9-17(24-3)16(21)8-11(12)7-13(18(22)25-4)14(10-20(15)2)19(23)26-5/h6-10,15,21H,1H2,2-5H3. The lowest BCUT2D eigenvalue weighted by molar-refractivity contribution is -0.139. The Bertz CT molecular complexity index is 808. The number of aromatic hydroxyl groups is 1. The van der Waals surface area contributed by atoms with Crippen molar-refractivity contribution in [1.29, 1.82) is 0 Å². The van der Waals surface area contributed by atoms with E-state index in [0.29, 0.717) is 5.56 Å². The van der Waals surface area contributed by atoms with Gasteiger partial charge in [0.1, 0.15) is 0 Å². The highest BCUT2D eigenvalue weighted by Crippen LogP contribution is 2.38. The molecule has 1 aliphatic rings. The number of nitrogens with zero attached hydrogens (tertiary/aromatic N) is 1. The molecule has 1 aromatic carbocycles. The predicted molar refractivity (Wildman–Crippen MR) is 95.5 cm³/mol. The number of hydrogen-bond donors (Lipinski definition) is 1. The number of phenolic OH excluding ortho intramolecular Hbond substituents is 1. The first kappa shape index (κ1) is 19.1. The third-order valence-electron chi connectivity index (χ3n) is 4.10. The molecule has 1 unspecified atom stereocenters. The fraction of sp³-hybridized carbons (Fsp3) is 0.263. The van der Waals surface area contributed by atoms with E-state index in [0.717, 1.165) is 5.56 Å². The van der Waals surface area contributed by atoms with E-state index in [4.69, 9.17) is 14.2 Å². The van der Waals surface area contributed by atoms with Gasteiger partial charge in [0.05, 0.1) is 38.5 Å². The molecule has 26 heavy (non-hydrogen) atoms. The van der Waals surface area contributed by atoms with E-state index in [1.165, 1.54) is 39.7 Å². The van der Waals surface area contributed by atoms with E-state index in [-0.39, 0.29) is 28.7 Å². The molecule has 1 N–H and O–H groups in total. The molecule has 2 rings (SSSR count). The summed E-state index contributed by atoms with van der Waals surface area (Å²) in [6, 6.07) is 2.78. The topological polar surface area (TPSA) is 85.3 Å². The van der Waals surface area contributed by atoms with E-state index in [9.17, 15) is 14.7 Å². The van der Waals surface area contributed by atoms with Gasteiger partial charge in [-0.05, 0) is 29.3 Å². The van der Waals surface area contributed by atoms with Crippen LogP contribution < -0.4 is 4.74 Å². The smallest absolute Gasteiger partial charge is 0.340 e. The Morgan fingerprint density at radius 2 is 1.77 bits per heavy atom. The van der Waals surface area contributed by atoms with Gasteiger partial charge in [0.25, 0.3) is 0 Å². The quantitative estimate of drug-likeness (QED) is 0.651. The van der Waals surface area contributed by atoms with Gasteiger partial charge < -0.3 is 24.2 Å². The minimum absolute atomic E-state index is 0.0135. The Balaban J connectivity index is 2.83. The molecule has 0 radical (unpaired) electrons. The van der Waals surface area contributed by atoms with Crippen molar-refractivity contribution in [2.45, 2.75) is 6.04 Å². The number of ether oxygens (including phenoxy) is 3. The highest BCUT2D eigenvalue weighted by molar-refractivity contribution is 6.10. The molecule has 1 aliphatic heterocycles. The van der Waals surface area contributed by atoms with Gasteiger partial charge in [-0.25, -0.2) is 9.59 Å². The number of rotatable bonds is 4. The molecule has 7 heteroatoms. The molecule has 1 atom stereocenters. The molecule has 0 aromatic heterocycles. The SMILES string of the molecule is C=CC1c2cc(OC)c(O)cc2C=C(C(=O)OC)C(C(=O)OC)=CN1C. The molecule has 0 spiro atoms. The lowest BCUT2D eigenvalue weighted by atomic mass is 9.93. The molecule has 0 amide bonds. The maximum Gasteiger partial charge on any atom is 0.340 e. The first-order valence-electron chi connectivity index (χ1n) is 7.73. The third-order valence-corrected chi connectivity index (χ3v) is 4.10. The Morgan fingerprint density at radius 1 is 1.15 bits per heavy atom. The zero-order valence-corrected chi connectivity index (χ0v) is 15.1. The van der Waals surface area contributed by atoms with Crippen molar-refractivity contribution in [3.63, 3.8) is 0 Å². The second kappa shape index (κ2) is 7.77. The molecule has 138 valence electrons. The van der Waals surface area contributed by atoms with Crippen LogP contribution in [-0.2, 0) is 19.1 Å². The number of phenols is 1. The molecule has 7 nitrogen and oxygen atoms in total. The number of likely N-dealkylation sites (N-methyl/N-ethyl adjacent to an activating group) is 1. The molecular weight excluding hydrogens is 338 g/mol. The van der Waals surface area contributed by atoms with Crippen LogP contribution in [0.25, 0.3) is 6.08 Å². The van der Waals surface area contributed by atoms with Crippen molar-refractivity contribution in [1.82, 2.24) is 4.90 Å². The zero-order chi connectivity index (χ0) is 19.4. The number of esters is 2. The highest BCUT2D eigenvalue weighted by atomic mass is 16.5. The van der Waals surface area contributed by atoms with Crippen molar-refractivity contribution in [2.75, 3.05) is 28.4 Å². The summed E-state index contributed by atoms with van der Waals surface area (Å²) in [4.78, 5) is 26.2. The third kappa shape index (κ3) is 3.42. The lowest BCUT2D eigenvalue weighted by Gasteiger charge is -2.29. The Kier molecular flexibility index (Phi) is 5.71. The van der Waals surface area contributed by atoms with Gasteiger partial charge in [0.15, 0.2) is 11.5 Å². The van der Waals surface area contributed by atoms with Gasteiger partial charge >= 0.3 is 11.9 Å². The summed E-state index contributed by atoms with van der Waals surface area (Å²) in [7, 11) is 5.63. The number of benzene rings is 1. The summed E-state index contributed by atoms with van der Waals surface area (Å²) in [6.07, 6.45) is 4.66. The summed E-state index contributed by atoms with van der Waals surface area (Å²) in [5.74, 6) is -1.19. The van der Waals surface area contributed by atoms with Crippen LogP contribution in [0.3, 0.4) is 0 Å². The van der Waals surface area contributed by atoms with E-state index < -0.39 is 11.9 Å². The van der Waals surface area contributed by atoms with Gasteiger partial charge in [-0.2, -0.15) is 0 Å². The molecular formula is C19H21NO6. The minimum atomic E-state index is -0.701. The van der Waals surface area contributed by atoms with Crippen molar-refractivity contribution >= 4 is 18.0 Å². The predicted octanol–water partition coefficient (Wildman–Crippen LogP) is 2.19. The molecule has 0 saturated carbocycles. The summed E-state index contributed by atoms with van der Waals surface area (Å²) in [6.45, 7) is 3.84. The second-order valence-corrected chi connectivity index (χ2v) is 5.58. The maximum absolute atomic E-state index is 12.3. The van der Waals surface area contributed by atoms with Gasteiger partial charge in [-0.15, -0.1) is 6.58 Å². The Morgan fingerprint density at radius 3 is 2.31 bits per heavy atom. The van der Waals surface area contributed by atoms with E-state index in [1.807, 2.05) is 0 Å². The fourth-order valence-corrected chi connectivity index (χ4v) is 2.80. The van der Waals surface area contributed by atoms with E-state index in [2.05, 4.69) is 6.58 Å². The number of fused-ring (bicyclic) bond motifs is 1. The first-order valence-corrected chi connectivity index (χ1v) is 7.73. The van der Waals surface area contributed by atoms with Crippen LogP contribution in [0.1, 0.15) is 17.2 Å². The van der Waals surface area contributed by atoms with Crippen molar-refractivity contribution in [2.24, 2.45) is 0 Å². The van der Waals surface area contributed by atoms with Crippen molar-refractivity contribution in [3.8, 4) is 11.5 Å². The molecule has 0 fully saturated rings. The molecule has 1 heterocycles. The van der Waals surface area contributed by atoms with Crippen LogP contribution in [-0.4, -0.2) is 50.3 Å². The molecule has 0 bridgehead atoms. The number of methoxy groups -OCH3 is 3. The molecule has 0 saturated heterocycles. The Labute approximate surface area is 151 Å². The first-order chi connectivity index (χ1) is 12.4. The van der Waals surface area contributed by atoms with Gasteiger partial charge in [-0.1, -0.05) is 6.08 Å². The highest BCUT2D eigenvalue weighted by Gasteiger charge is 2.28. The molecule has 0 aliphatic carbocycles. The number of hydrogen-bond acceptors (Lipinski definition) is 7. The average Bonchev–Trinajstić information content (AvgIpc) is 2.63. The van der Waals surface area contributed by atoms with Crippen LogP contribution in [0.4, 0.5) is 0 Å². The number of carbonyl (C=O) groups is 2. The van der Waals surface area contributed by atoms with Crippen molar-refractivity contribution < 1.29 is 28.9 Å². The van der Waals surface area contributed by atoms with Crippen LogP contribution in [0.2, 0.25) is 0 Å². The lowest BCUT2D eigenvalue weighted by Crippen LogP contribution is -2.24. The zero-order valence-electron chi connectivity index (χ0n) is 15.1.